The average molecular weight is 587 g/mol. The third-order valence-electron chi connectivity index (χ3n) is 9.15. The van der Waals surface area contributed by atoms with Crippen molar-refractivity contribution in [2.75, 3.05) is 26.6 Å². The first-order valence-corrected chi connectivity index (χ1v) is 14.3. The Balaban J connectivity index is 1.55. The molecule has 8 nitrogen and oxygen atoms in total. The largest absolute Gasteiger partial charge is 0.497 e. The summed E-state index contributed by atoms with van der Waals surface area (Å²) in [5, 5.41) is 3.07. The fraction of sp³-hybridized carbons (Fsp3) is 0.194. The fourth-order valence-electron chi connectivity index (χ4n) is 7.29. The van der Waals surface area contributed by atoms with Crippen molar-refractivity contribution in [3.8, 4) is 17.2 Å². The number of Topliss-reactive ketones (excluding diaryl/α,β-unsaturated/α-hetero) is 2. The molecule has 3 aliphatic rings. The van der Waals surface area contributed by atoms with Crippen LogP contribution in [0.3, 0.4) is 0 Å². The summed E-state index contributed by atoms with van der Waals surface area (Å²) in [6, 6.07) is 25.4. The molecule has 4 atom stereocenters. The van der Waals surface area contributed by atoms with Crippen molar-refractivity contribution in [1.82, 2.24) is 4.90 Å². The Bertz CT molecular complexity index is 1870. The van der Waals surface area contributed by atoms with Crippen LogP contribution in [0, 0.1) is 5.92 Å². The molecule has 1 saturated heterocycles. The topological polar surface area (TPSA) is 94.2 Å². The van der Waals surface area contributed by atoms with Gasteiger partial charge < -0.3 is 24.4 Å². The number of ether oxygens (including phenoxy) is 3. The van der Waals surface area contributed by atoms with Crippen LogP contribution < -0.4 is 19.5 Å². The first kappa shape index (κ1) is 27.5. The highest BCUT2D eigenvalue weighted by Crippen LogP contribution is 2.62. The van der Waals surface area contributed by atoms with Crippen LogP contribution in [0.25, 0.3) is 6.08 Å². The number of benzene rings is 4. The van der Waals surface area contributed by atoms with E-state index in [1.54, 1.807) is 42.5 Å². The summed E-state index contributed by atoms with van der Waals surface area (Å²) in [7, 11) is 4.54. The van der Waals surface area contributed by atoms with Crippen LogP contribution in [-0.4, -0.2) is 49.7 Å². The van der Waals surface area contributed by atoms with Gasteiger partial charge in [0.15, 0.2) is 11.6 Å². The van der Waals surface area contributed by atoms with Gasteiger partial charge in [0.1, 0.15) is 28.7 Å². The Kier molecular flexibility index (Phi) is 6.50. The van der Waals surface area contributed by atoms with Crippen molar-refractivity contribution in [2.24, 2.45) is 5.92 Å². The molecule has 3 aliphatic heterocycles. The summed E-state index contributed by atoms with van der Waals surface area (Å²) in [5.41, 5.74) is 2.22. The molecule has 0 unspecified atom stereocenters. The third kappa shape index (κ3) is 3.80. The zero-order valence-corrected chi connectivity index (χ0v) is 24.4. The van der Waals surface area contributed by atoms with Gasteiger partial charge in [-0.05, 0) is 59.2 Å². The molecule has 0 aliphatic carbocycles. The molecule has 220 valence electrons. The Morgan fingerprint density at radius 3 is 2.34 bits per heavy atom. The minimum atomic E-state index is -1.46. The highest BCUT2D eigenvalue weighted by Gasteiger charge is 2.71. The molecule has 8 heteroatoms. The summed E-state index contributed by atoms with van der Waals surface area (Å²) < 4.78 is 16.6. The SMILES string of the molecule is COc1cccc(C(=O)[C@H]2[C@H](C(=O)c3cc(OC)ccc3OC)[C@]3(C(=O)Nc4ccccc43)[C@H]3c4ccccc4C=CN23)c1. The number of methoxy groups -OCH3 is 3. The van der Waals surface area contributed by atoms with E-state index in [0.29, 0.717) is 34.1 Å². The second kappa shape index (κ2) is 10.4. The Hall–Kier alpha value is -5.37. The Labute approximate surface area is 254 Å². The van der Waals surface area contributed by atoms with Crippen molar-refractivity contribution in [1.29, 1.82) is 0 Å². The van der Waals surface area contributed by atoms with E-state index < -0.39 is 29.2 Å². The number of carbonyl (C=O) groups is 3. The number of hydrogen-bond acceptors (Lipinski definition) is 7. The molecule has 44 heavy (non-hydrogen) atoms. The molecular weight excluding hydrogens is 556 g/mol. The Morgan fingerprint density at radius 2 is 1.55 bits per heavy atom. The molecular formula is C36H30N2O6. The summed E-state index contributed by atoms with van der Waals surface area (Å²) >= 11 is 0. The second-order valence-corrected chi connectivity index (χ2v) is 11.1. The highest BCUT2D eigenvalue weighted by atomic mass is 16.5. The van der Waals surface area contributed by atoms with E-state index in [4.69, 9.17) is 14.2 Å². The van der Waals surface area contributed by atoms with Crippen molar-refractivity contribution in [2.45, 2.75) is 17.5 Å². The maximum absolute atomic E-state index is 15.2. The van der Waals surface area contributed by atoms with Gasteiger partial charge in [0.25, 0.3) is 0 Å². The zero-order valence-electron chi connectivity index (χ0n) is 24.4. The minimum Gasteiger partial charge on any atom is -0.497 e. The maximum Gasteiger partial charge on any atom is 0.238 e. The van der Waals surface area contributed by atoms with E-state index in [0.717, 1.165) is 11.1 Å². The molecule has 3 heterocycles. The quantitative estimate of drug-likeness (QED) is 0.278. The molecule has 0 radical (unpaired) electrons. The van der Waals surface area contributed by atoms with Crippen molar-refractivity contribution < 1.29 is 28.6 Å². The number of ketones is 2. The van der Waals surface area contributed by atoms with Gasteiger partial charge in [-0.25, -0.2) is 0 Å². The van der Waals surface area contributed by atoms with E-state index in [2.05, 4.69) is 5.32 Å². The van der Waals surface area contributed by atoms with E-state index in [-0.39, 0.29) is 17.3 Å². The van der Waals surface area contributed by atoms with E-state index >= 15 is 4.79 Å². The average Bonchev–Trinajstić information content (AvgIpc) is 3.55. The van der Waals surface area contributed by atoms with Crippen LogP contribution in [0.15, 0.2) is 97.2 Å². The molecule has 0 aromatic heterocycles. The summed E-state index contributed by atoms with van der Waals surface area (Å²) in [6.45, 7) is 0. The number of nitrogens with one attached hydrogen (secondary N) is 1. The van der Waals surface area contributed by atoms with Crippen LogP contribution >= 0.6 is 0 Å². The van der Waals surface area contributed by atoms with Crippen LogP contribution in [0.1, 0.15) is 43.4 Å². The lowest BCUT2D eigenvalue weighted by Crippen LogP contribution is -2.49. The number of para-hydroxylation sites is 1. The van der Waals surface area contributed by atoms with Gasteiger partial charge >= 0.3 is 0 Å². The molecule has 7 rings (SSSR count). The molecule has 0 bridgehead atoms. The van der Waals surface area contributed by atoms with E-state index in [1.165, 1.54) is 21.3 Å². The smallest absolute Gasteiger partial charge is 0.238 e. The van der Waals surface area contributed by atoms with Gasteiger partial charge in [-0.2, -0.15) is 0 Å². The molecule has 4 aromatic carbocycles. The van der Waals surface area contributed by atoms with Crippen LogP contribution in [0.2, 0.25) is 0 Å². The van der Waals surface area contributed by atoms with Crippen molar-refractivity contribution in [3.05, 3.63) is 125 Å². The molecule has 0 saturated carbocycles. The highest BCUT2D eigenvalue weighted by molar-refractivity contribution is 6.17. The number of fused-ring (bicyclic) bond motifs is 6. The summed E-state index contributed by atoms with van der Waals surface area (Å²) in [6.07, 6.45) is 3.78. The number of hydrogen-bond donors (Lipinski definition) is 1. The lowest BCUT2D eigenvalue weighted by atomic mass is 9.62. The Morgan fingerprint density at radius 1 is 0.795 bits per heavy atom. The van der Waals surface area contributed by atoms with Crippen molar-refractivity contribution >= 4 is 29.2 Å². The van der Waals surface area contributed by atoms with E-state index in [1.807, 2.05) is 65.7 Å². The van der Waals surface area contributed by atoms with Crippen LogP contribution in [-0.2, 0) is 10.2 Å². The first-order valence-electron chi connectivity index (χ1n) is 14.3. The molecule has 1 fully saturated rings. The molecule has 1 N–H and O–H groups in total. The lowest BCUT2D eigenvalue weighted by Gasteiger charge is -2.38. The third-order valence-corrected chi connectivity index (χ3v) is 9.15. The van der Waals surface area contributed by atoms with Gasteiger partial charge in [0.2, 0.25) is 5.91 Å². The van der Waals surface area contributed by atoms with Crippen LogP contribution in [0.5, 0.6) is 17.2 Å². The predicted octanol–water partition coefficient (Wildman–Crippen LogP) is 5.69. The molecule has 1 spiro atoms. The minimum absolute atomic E-state index is 0.231. The number of carbonyl (C=O) groups excluding carboxylic acids is 3. The first-order chi connectivity index (χ1) is 21.4. The normalized spacial score (nSPS) is 22.6. The fourth-order valence-corrected chi connectivity index (χ4v) is 7.29. The second-order valence-electron chi connectivity index (χ2n) is 11.1. The zero-order chi connectivity index (χ0) is 30.6. The van der Waals surface area contributed by atoms with Crippen molar-refractivity contribution in [3.63, 3.8) is 0 Å². The summed E-state index contributed by atoms with van der Waals surface area (Å²) in [5.74, 6) is -0.879. The monoisotopic (exact) mass is 586 g/mol. The van der Waals surface area contributed by atoms with Crippen LogP contribution in [0.4, 0.5) is 5.69 Å². The summed E-state index contributed by atoms with van der Waals surface area (Å²) in [4.78, 5) is 46.5. The molecule has 4 aromatic rings. The van der Waals surface area contributed by atoms with Gasteiger partial charge in [-0.15, -0.1) is 0 Å². The maximum atomic E-state index is 15.2. The van der Waals surface area contributed by atoms with E-state index in [9.17, 15) is 9.59 Å². The van der Waals surface area contributed by atoms with Gasteiger partial charge in [0, 0.05) is 17.5 Å². The number of amides is 1. The van der Waals surface area contributed by atoms with Gasteiger partial charge in [-0.3, -0.25) is 14.4 Å². The number of nitrogens with zero attached hydrogens (tertiary/aromatic N) is 1. The standard InChI is InChI=1S/C36H30N2O6/c1-42-23-11-8-10-22(19-23)32(39)31-30(33(40)26-20-24(43-2)15-16-29(26)44-3)36(27-13-6-7-14-28(27)37-35(36)41)34-25-12-5-4-9-21(25)17-18-38(31)34/h4-20,30-31,34H,1-3H3,(H,37,41)/t30-,31-,34-,36+/m1/s1. The van der Waals surface area contributed by atoms with Gasteiger partial charge in [0.05, 0.1) is 38.9 Å². The van der Waals surface area contributed by atoms with Gasteiger partial charge in [-0.1, -0.05) is 54.6 Å². The lowest BCUT2D eigenvalue weighted by molar-refractivity contribution is -0.122. The number of rotatable bonds is 7. The number of anilines is 1. The predicted molar refractivity (Wildman–Crippen MR) is 165 cm³/mol. The molecule has 1 amide bonds.